The van der Waals surface area contributed by atoms with Crippen LogP contribution in [0.5, 0.6) is 0 Å². The van der Waals surface area contributed by atoms with Crippen LogP contribution >= 0.6 is 0 Å². The van der Waals surface area contributed by atoms with E-state index < -0.39 is 49.0 Å². The van der Waals surface area contributed by atoms with Crippen molar-refractivity contribution in [1.29, 1.82) is 0 Å². The van der Waals surface area contributed by atoms with Gasteiger partial charge in [0.25, 0.3) is 0 Å². The van der Waals surface area contributed by atoms with Crippen LogP contribution in [0.15, 0.2) is 0 Å². The van der Waals surface area contributed by atoms with Crippen molar-refractivity contribution in [2.45, 2.75) is 49.0 Å². The molecule has 1 aliphatic rings. The summed E-state index contributed by atoms with van der Waals surface area (Å²) in [4.78, 5) is 0. The molecule has 0 aliphatic carbocycles. The molecule has 150 valence electrons. The molecule has 0 bridgehead atoms. The fourth-order valence-electron chi connectivity index (χ4n) is 1.16. The summed E-state index contributed by atoms with van der Waals surface area (Å²) in [5.74, 6) is -13.0. The highest BCUT2D eigenvalue weighted by Crippen LogP contribution is 2.53. The van der Waals surface area contributed by atoms with Crippen LogP contribution in [0.4, 0.5) is 61.5 Å². The molecule has 1 fully saturated rings. The van der Waals surface area contributed by atoms with Gasteiger partial charge in [0, 0.05) is 0 Å². The van der Waals surface area contributed by atoms with E-state index in [9.17, 15) is 61.5 Å². The van der Waals surface area contributed by atoms with E-state index in [-0.39, 0.29) is 0 Å². The van der Waals surface area contributed by atoms with Gasteiger partial charge in [0.15, 0.2) is 0 Å². The molecule has 0 saturated carbocycles. The van der Waals surface area contributed by atoms with Crippen LogP contribution in [0.1, 0.15) is 0 Å². The van der Waals surface area contributed by atoms with Crippen molar-refractivity contribution in [1.82, 2.24) is 0 Å². The average Bonchev–Trinajstić information content (AvgIpc) is 3.00. The second-order valence-corrected chi connectivity index (χ2v) is 4.29. The Morgan fingerprint density at radius 1 is 0.440 bits per heavy atom. The van der Waals surface area contributed by atoms with Gasteiger partial charge in [-0.3, -0.25) is 9.47 Å². The Balaban J connectivity index is 2.96. The van der Waals surface area contributed by atoms with E-state index in [1.54, 1.807) is 0 Å². The molecule has 2 unspecified atom stereocenters. The molecule has 17 heteroatoms. The Labute approximate surface area is 126 Å². The maximum absolute atomic E-state index is 13.0. The van der Waals surface area contributed by atoms with Crippen molar-refractivity contribution < 1.29 is 75.7 Å². The molecular formula is C8H2F14O3. The highest BCUT2D eigenvalue weighted by atomic mass is 19.4. The maximum atomic E-state index is 13.0. The maximum Gasteiger partial charge on any atom is 0.458 e. The quantitative estimate of drug-likeness (QED) is 0.511. The van der Waals surface area contributed by atoms with Crippen molar-refractivity contribution in [2.75, 3.05) is 0 Å². The van der Waals surface area contributed by atoms with Gasteiger partial charge in [-0.1, -0.05) is 0 Å². The van der Waals surface area contributed by atoms with Crippen molar-refractivity contribution in [3.63, 3.8) is 0 Å². The molecule has 0 aromatic heterocycles. The minimum absolute atomic E-state index is 2.70. The molecule has 0 amide bonds. The van der Waals surface area contributed by atoms with Crippen LogP contribution in [0.2, 0.25) is 0 Å². The van der Waals surface area contributed by atoms with Gasteiger partial charge in [0.2, 0.25) is 12.6 Å². The molecule has 0 spiro atoms. The molecule has 1 rings (SSSR count). The molecule has 0 radical (unpaired) electrons. The van der Waals surface area contributed by atoms with Crippen molar-refractivity contribution in [3.05, 3.63) is 0 Å². The molecule has 2 atom stereocenters. The first-order chi connectivity index (χ1) is 10.7. The summed E-state index contributed by atoms with van der Waals surface area (Å²) in [5, 5.41) is 0. The van der Waals surface area contributed by atoms with Gasteiger partial charge in [0.1, 0.15) is 0 Å². The normalized spacial score (nSPS) is 23.8. The second kappa shape index (κ2) is 5.70. The smallest absolute Gasteiger partial charge is 0.313 e. The number of ether oxygens (including phenoxy) is 3. The predicted molar refractivity (Wildman–Crippen MR) is 42.7 cm³/mol. The zero-order chi connectivity index (χ0) is 20.3. The third kappa shape index (κ3) is 3.86. The van der Waals surface area contributed by atoms with E-state index in [1.807, 2.05) is 0 Å². The van der Waals surface area contributed by atoms with Gasteiger partial charge < -0.3 is 4.74 Å². The Morgan fingerprint density at radius 3 is 0.800 bits per heavy atom. The monoisotopic (exact) mass is 412 g/mol. The number of halogens is 14. The van der Waals surface area contributed by atoms with Crippen LogP contribution in [-0.2, 0) is 14.2 Å². The Hall–Kier alpha value is -1.10. The van der Waals surface area contributed by atoms with E-state index in [0.29, 0.717) is 0 Å². The van der Waals surface area contributed by atoms with Gasteiger partial charge in [-0.2, -0.15) is 61.5 Å². The zero-order valence-electron chi connectivity index (χ0n) is 10.7. The summed E-state index contributed by atoms with van der Waals surface area (Å²) in [5.41, 5.74) is 0. The molecule has 25 heavy (non-hydrogen) atoms. The lowest BCUT2D eigenvalue weighted by Gasteiger charge is -2.30. The Bertz CT molecular complexity index is 414. The van der Waals surface area contributed by atoms with Crippen LogP contribution < -0.4 is 0 Å². The van der Waals surface area contributed by atoms with E-state index in [4.69, 9.17) is 0 Å². The summed E-state index contributed by atoms with van der Waals surface area (Å²) < 4.78 is 180. The molecule has 1 heterocycles. The molecule has 3 nitrogen and oxygen atoms in total. The second-order valence-electron chi connectivity index (χ2n) is 4.29. The van der Waals surface area contributed by atoms with E-state index >= 15 is 0 Å². The lowest BCUT2D eigenvalue weighted by Crippen LogP contribution is -2.57. The number of hydrogen-bond acceptors (Lipinski definition) is 3. The SMILES string of the molecule is FC(F)(F)C(F)(OC1OC1OC(F)(C(F)(F)F)C(F)(F)F)C(F)(F)F. The number of epoxide rings is 1. The third-order valence-electron chi connectivity index (χ3n) is 2.43. The molecule has 0 aromatic rings. The van der Waals surface area contributed by atoms with Crippen LogP contribution in [0, 0.1) is 0 Å². The minimum atomic E-state index is -6.84. The van der Waals surface area contributed by atoms with E-state index in [2.05, 4.69) is 14.2 Å². The number of rotatable bonds is 4. The average molecular weight is 412 g/mol. The first-order valence-electron chi connectivity index (χ1n) is 5.33. The minimum Gasteiger partial charge on any atom is -0.313 e. The van der Waals surface area contributed by atoms with Gasteiger partial charge in [-0.05, 0) is 0 Å². The summed E-state index contributed by atoms with van der Waals surface area (Å²) in [6.45, 7) is 0. The van der Waals surface area contributed by atoms with Gasteiger partial charge in [0.05, 0.1) is 0 Å². The van der Waals surface area contributed by atoms with E-state index in [1.165, 1.54) is 0 Å². The Morgan fingerprint density at radius 2 is 0.640 bits per heavy atom. The van der Waals surface area contributed by atoms with Crippen LogP contribution in [-0.4, -0.2) is 49.0 Å². The highest BCUT2D eigenvalue weighted by Gasteiger charge is 2.80. The number of alkyl halides is 14. The van der Waals surface area contributed by atoms with Gasteiger partial charge in [-0.15, -0.1) is 0 Å². The highest BCUT2D eigenvalue weighted by molar-refractivity contribution is 4.91. The van der Waals surface area contributed by atoms with Crippen molar-refractivity contribution >= 4 is 0 Å². The molecule has 1 aliphatic heterocycles. The summed E-state index contributed by atoms with van der Waals surface area (Å²) in [7, 11) is 0. The molecular weight excluding hydrogens is 410 g/mol. The fraction of sp³-hybridized carbons (Fsp3) is 1.00. The topological polar surface area (TPSA) is 31.0 Å². The van der Waals surface area contributed by atoms with Gasteiger partial charge >= 0.3 is 36.4 Å². The van der Waals surface area contributed by atoms with E-state index in [0.717, 1.165) is 0 Å². The summed E-state index contributed by atoms with van der Waals surface area (Å²) >= 11 is 0. The lowest BCUT2D eigenvalue weighted by molar-refractivity contribution is -0.445. The Kier molecular flexibility index (Phi) is 5.00. The fourth-order valence-corrected chi connectivity index (χ4v) is 1.16. The van der Waals surface area contributed by atoms with Crippen molar-refractivity contribution in [2.24, 2.45) is 0 Å². The zero-order valence-corrected chi connectivity index (χ0v) is 10.7. The first kappa shape index (κ1) is 21.9. The molecule has 0 N–H and O–H groups in total. The predicted octanol–water partition coefficient (Wildman–Crippen LogP) is 4.28. The van der Waals surface area contributed by atoms with Crippen molar-refractivity contribution in [3.8, 4) is 0 Å². The molecule has 0 aromatic carbocycles. The standard InChI is InChI=1S/C8H2F14O3/c9-3(5(11,12)13,6(14,15)16)24-1-2(23-1)25-4(10,7(17,18)19)8(20,21)22/h1-2H. The first-order valence-corrected chi connectivity index (χ1v) is 5.33. The third-order valence-corrected chi connectivity index (χ3v) is 2.43. The lowest BCUT2D eigenvalue weighted by atomic mass is 10.3. The van der Waals surface area contributed by atoms with Gasteiger partial charge in [-0.25, -0.2) is 0 Å². The van der Waals surface area contributed by atoms with Crippen LogP contribution in [0.25, 0.3) is 0 Å². The van der Waals surface area contributed by atoms with Crippen LogP contribution in [0.3, 0.4) is 0 Å². The number of hydrogen-bond donors (Lipinski definition) is 0. The molecule has 1 saturated heterocycles. The largest absolute Gasteiger partial charge is 0.458 e. The summed E-state index contributed by atoms with van der Waals surface area (Å²) in [6.07, 6.45) is -34.1. The summed E-state index contributed by atoms with van der Waals surface area (Å²) in [6, 6.07) is 0.